The van der Waals surface area contributed by atoms with Gasteiger partial charge in [0, 0.05) is 5.54 Å². The molecule has 0 spiro atoms. The molecule has 0 aromatic carbocycles. The third-order valence-corrected chi connectivity index (χ3v) is 4.22. The van der Waals surface area contributed by atoms with E-state index in [9.17, 15) is 0 Å². The molecule has 2 rings (SSSR count). The summed E-state index contributed by atoms with van der Waals surface area (Å²) in [5.74, 6) is 0. The molecule has 0 amide bonds. The molecular weight excluding hydrogens is 184 g/mol. The minimum absolute atomic E-state index is 0.201. The summed E-state index contributed by atoms with van der Waals surface area (Å²) in [6.45, 7) is 3.88. The Labute approximate surface area is 94.2 Å². The fourth-order valence-electron chi connectivity index (χ4n) is 3.07. The number of nitrogens with zero attached hydrogens (tertiary/aromatic N) is 1. The van der Waals surface area contributed by atoms with E-state index in [1.54, 1.807) is 0 Å². The van der Waals surface area contributed by atoms with E-state index in [0.29, 0.717) is 0 Å². The molecule has 0 atom stereocenters. The SMILES string of the molecule is NC1(CCN2CCCCCC2)CCCC1. The summed E-state index contributed by atoms with van der Waals surface area (Å²) in [4.78, 5) is 2.64. The molecule has 2 aliphatic rings. The van der Waals surface area contributed by atoms with Gasteiger partial charge < -0.3 is 10.6 Å². The molecule has 1 heterocycles. The van der Waals surface area contributed by atoms with Crippen LogP contribution in [0.1, 0.15) is 57.8 Å². The highest BCUT2D eigenvalue weighted by Crippen LogP contribution is 2.30. The van der Waals surface area contributed by atoms with Gasteiger partial charge in [-0.25, -0.2) is 0 Å². The van der Waals surface area contributed by atoms with Gasteiger partial charge in [0.15, 0.2) is 0 Å². The van der Waals surface area contributed by atoms with Gasteiger partial charge in [0.05, 0.1) is 0 Å². The van der Waals surface area contributed by atoms with Crippen LogP contribution in [0.5, 0.6) is 0 Å². The molecular formula is C13H26N2. The minimum atomic E-state index is 0.201. The van der Waals surface area contributed by atoms with Gasteiger partial charge >= 0.3 is 0 Å². The summed E-state index contributed by atoms with van der Waals surface area (Å²) in [6, 6.07) is 0. The molecule has 15 heavy (non-hydrogen) atoms. The van der Waals surface area contributed by atoms with Gasteiger partial charge in [0.25, 0.3) is 0 Å². The molecule has 2 heteroatoms. The molecule has 0 aromatic rings. The zero-order chi connectivity index (χ0) is 10.6. The Hall–Kier alpha value is -0.0800. The average molecular weight is 210 g/mol. The van der Waals surface area contributed by atoms with Gasteiger partial charge in [0.1, 0.15) is 0 Å². The zero-order valence-electron chi connectivity index (χ0n) is 10.0. The maximum Gasteiger partial charge on any atom is 0.0166 e. The molecule has 88 valence electrons. The number of hydrogen-bond donors (Lipinski definition) is 1. The van der Waals surface area contributed by atoms with Crippen LogP contribution in [0.25, 0.3) is 0 Å². The molecule has 2 N–H and O–H groups in total. The maximum atomic E-state index is 6.39. The zero-order valence-corrected chi connectivity index (χ0v) is 10.0. The van der Waals surface area contributed by atoms with E-state index in [1.165, 1.54) is 77.4 Å². The van der Waals surface area contributed by atoms with Crippen molar-refractivity contribution in [2.75, 3.05) is 19.6 Å². The lowest BCUT2D eigenvalue weighted by atomic mass is 9.94. The van der Waals surface area contributed by atoms with Gasteiger partial charge in [-0.3, -0.25) is 0 Å². The first-order chi connectivity index (χ1) is 7.29. The van der Waals surface area contributed by atoms with Gasteiger partial charge in [-0.2, -0.15) is 0 Å². The molecule has 2 nitrogen and oxygen atoms in total. The Balaban J connectivity index is 1.71. The van der Waals surface area contributed by atoms with Gasteiger partial charge in [-0.05, 0) is 51.7 Å². The fraction of sp³-hybridized carbons (Fsp3) is 1.00. The lowest BCUT2D eigenvalue weighted by molar-refractivity contribution is 0.246. The van der Waals surface area contributed by atoms with Gasteiger partial charge in [-0.15, -0.1) is 0 Å². The Bertz CT molecular complexity index is 177. The molecule has 1 saturated heterocycles. The van der Waals surface area contributed by atoms with Crippen molar-refractivity contribution < 1.29 is 0 Å². The molecule has 0 radical (unpaired) electrons. The summed E-state index contributed by atoms with van der Waals surface area (Å²) < 4.78 is 0. The number of nitrogens with two attached hydrogens (primary N) is 1. The van der Waals surface area contributed by atoms with Gasteiger partial charge in [-0.1, -0.05) is 25.7 Å². The summed E-state index contributed by atoms with van der Waals surface area (Å²) in [7, 11) is 0. The summed E-state index contributed by atoms with van der Waals surface area (Å²) >= 11 is 0. The van der Waals surface area contributed by atoms with Crippen LogP contribution in [0, 0.1) is 0 Å². The summed E-state index contributed by atoms with van der Waals surface area (Å²) in [5.41, 5.74) is 6.59. The molecule has 2 fully saturated rings. The second-order valence-corrected chi connectivity index (χ2v) is 5.58. The van der Waals surface area contributed by atoms with E-state index >= 15 is 0 Å². The monoisotopic (exact) mass is 210 g/mol. The van der Waals surface area contributed by atoms with E-state index in [2.05, 4.69) is 4.90 Å². The highest BCUT2D eigenvalue weighted by Gasteiger charge is 2.29. The van der Waals surface area contributed by atoms with Crippen LogP contribution >= 0.6 is 0 Å². The normalized spacial score (nSPS) is 27.8. The topological polar surface area (TPSA) is 29.3 Å². The van der Waals surface area contributed by atoms with Crippen LogP contribution < -0.4 is 5.73 Å². The van der Waals surface area contributed by atoms with Crippen LogP contribution in [0.15, 0.2) is 0 Å². The number of rotatable bonds is 3. The van der Waals surface area contributed by atoms with Crippen LogP contribution in [-0.4, -0.2) is 30.1 Å². The van der Waals surface area contributed by atoms with Crippen molar-refractivity contribution in [3.05, 3.63) is 0 Å². The molecule has 1 aliphatic heterocycles. The second kappa shape index (κ2) is 5.31. The second-order valence-electron chi connectivity index (χ2n) is 5.58. The minimum Gasteiger partial charge on any atom is -0.325 e. The first-order valence-electron chi connectivity index (χ1n) is 6.80. The van der Waals surface area contributed by atoms with Crippen molar-refractivity contribution >= 4 is 0 Å². The van der Waals surface area contributed by atoms with Crippen LogP contribution in [0.2, 0.25) is 0 Å². The molecule has 1 aliphatic carbocycles. The lowest BCUT2D eigenvalue weighted by Gasteiger charge is -2.28. The smallest absolute Gasteiger partial charge is 0.0166 e. The largest absolute Gasteiger partial charge is 0.325 e. The predicted octanol–water partition coefficient (Wildman–Crippen LogP) is 2.52. The highest BCUT2D eigenvalue weighted by atomic mass is 15.1. The third kappa shape index (κ3) is 3.46. The molecule has 0 unspecified atom stereocenters. The lowest BCUT2D eigenvalue weighted by Crippen LogP contribution is -2.40. The Morgan fingerprint density at radius 1 is 0.867 bits per heavy atom. The Morgan fingerprint density at radius 2 is 1.47 bits per heavy atom. The van der Waals surface area contributed by atoms with Crippen molar-refractivity contribution in [1.82, 2.24) is 4.90 Å². The highest BCUT2D eigenvalue weighted by molar-refractivity contribution is 4.89. The number of likely N-dealkylation sites (tertiary alicyclic amines) is 1. The van der Waals surface area contributed by atoms with E-state index in [1.807, 2.05) is 0 Å². The third-order valence-electron chi connectivity index (χ3n) is 4.22. The Kier molecular flexibility index (Phi) is 4.04. The first-order valence-corrected chi connectivity index (χ1v) is 6.80. The van der Waals surface area contributed by atoms with E-state index < -0.39 is 0 Å². The summed E-state index contributed by atoms with van der Waals surface area (Å²) in [6.07, 6.45) is 12.1. The fourth-order valence-corrected chi connectivity index (χ4v) is 3.07. The van der Waals surface area contributed by atoms with Crippen LogP contribution in [-0.2, 0) is 0 Å². The molecule has 1 saturated carbocycles. The molecule has 0 bridgehead atoms. The van der Waals surface area contributed by atoms with Crippen LogP contribution in [0.4, 0.5) is 0 Å². The van der Waals surface area contributed by atoms with Crippen molar-refractivity contribution in [2.45, 2.75) is 63.3 Å². The Morgan fingerprint density at radius 3 is 2.07 bits per heavy atom. The summed E-state index contributed by atoms with van der Waals surface area (Å²) in [5, 5.41) is 0. The van der Waals surface area contributed by atoms with Crippen molar-refractivity contribution in [1.29, 1.82) is 0 Å². The average Bonchev–Trinajstić information content (AvgIpc) is 2.53. The van der Waals surface area contributed by atoms with Crippen molar-refractivity contribution in [2.24, 2.45) is 5.73 Å². The quantitative estimate of drug-likeness (QED) is 0.775. The maximum absolute atomic E-state index is 6.39. The predicted molar refractivity (Wildman–Crippen MR) is 64.9 cm³/mol. The number of hydrogen-bond acceptors (Lipinski definition) is 2. The van der Waals surface area contributed by atoms with Crippen molar-refractivity contribution in [3.63, 3.8) is 0 Å². The first kappa shape index (κ1) is 11.4. The van der Waals surface area contributed by atoms with Crippen LogP contribution in [0.3, 0.4) is 0 Å². The van der Waals surface area contributed by atoms with E-state index in [0.717, 1.165) is 0 Å². The standard InChI is InChI=1S/C13H26N2/c14-13(7-3-4-8-13)9-12-15-10-5-1-2-6-11-15/h1-12,14H2. The van der Waals surface area contributed by atoms with E-state index in [4.69, 9.17) is 5.73 Å². The molecule has 0 aromatic heterocycles. The van der Waals surface area contributed by atoms with Crippen molar-refractivity contribution in [3.8, 4) is 0 Å². The van der Waals surface area contributed by atoms with E-state index in [-0.39, 0.29) is 5.54 Å². The van der Waals surface area contributed by atoms with Gasteiger partial charge in [0.2, 0.25) is 0 Å².